The van der Waals surface area contributed by atoms with Crippen LogP contribution in [-0.2, 0) is 9.53 Å². The zero-order chi connectivity index (χ0) is 12.8. The summed E-state index contributed by atoms with van der Waals surface area (Å²) in [5.74, 6) is 0.203. The molecule has 0 spiro atoms. The third-order valence-electron chi connectivity index (χ3n) is 3.82. The molecule has 1 saturated heterocycles. The van der Waals surface area contributed by atoms with Crippen LogP contribution in [0.2, 0.25) is 0 Å². The molecule has 2 aliphatic heterocycles. The minimum Gasteiger partial charge on any atom is -0.425 e. The van der Waals surface area contributed by atoms with Gasteiger partial charge < -0.3 is 9.47 Å². The Hall–Kier alpha value is -1.91. The summed E-state index contributed by atoms with van der Waals surface area (Å²) in [6.07, 6.45) is -0.192. The van der Waals surface area contributed by atoms with E-state index in [1.807, 2.05) is 30.3 Å². The molecule has 2 aromatic rings. The second-order valence-electron chi connectivity index (χ2n) is 4.92. The van der Waals surface area contributed by atoms with Gasteiger partial charge in [0.15, 0.2) is 0 Å². The summed E-state index contributed by atoms with van der Waals surface area (Å²) in [7, 11) is 0. The molecule has 2 aliphatic rings. The first-order valence-electron chi connectivity index (χ1n) is 6.40. The number of fused-ring (bicyclic) bond motifs is 5. The van der Waals surface area contributed by atoms with Crippen molar-refractivity contribution in [2.75, 3.05) is 13.3 Å². The molecule has 2 atom stereocenters. The van der Waals surface area contributed by atoms with Crippen LogP contribution in [0.5, 0.6) is 5.75 Å². The Kier molecular flexibility index (Phi) is 2.33. The van der Waals surface area contributed by atoms with Gasteiger partial charge in [-0.3, -0.25) is 10.1 Å². The SMILES string of the molecule is O=C1Oc2c(ccc3ccccc23)C2OCNCC12. The highest BCUT2D eigenvalue weighted by molar-refractivity contribution is 5.93. The zero-order valence-electron chi connectivity index (χ0n) is 10.3. The smallest absolute Gasteiger partial charge is 0.318 e. The molecule has 0 radical (unpaired) electrons. The van der Waals surface area contributed by atoms with Gasteiger partial charge in [0.1, 0.15) is 17.8 Å². The summed E-state index contributed by atoms with van der Waals surface area (Å²) < 4.78 is 11.3. The fourth-order valence-corrected chi connectivity index (χ4v) is 2.87. The maximum atomic E-state index is 12.1. The van der Waals surface area contributed by atoms with Gasteiger partial charge in [-0.05, 0) is 5.39 Å². The first-order valence-corrected chi connectivity index (χ1v) is 6.40. The summed E-state index contributed by atoms with van der Waals surface area (Å²) in [6, 6.07) is 12.0. The number of hydrogen-bond donors (Lipinski definition) is 1. The molecule has 1 fully saturated rings. The molecule has 4 nitrogen and oxygen atoms in total. The van der Waals surface area contributed by atoms with Crippen molar-refractivity contribution in [2.45, 2.75) is 6.10 Å². The van der Waals surface area contributed by atoms with Gasteiger partial charge in [-0.25, -0.2) is 0 Å². The highest BCUT2D eigenvalue weighted by Crippen LogP contribution is 2.43. The number of ether oxygens (including phenoxy) is 2. The number of hydrogen-bond acceptors (Lipinski definition) is 4. The first kappa shape index (κ1) is 11.0. The monoisotopic (exact) mass is 255 g/mol. The molecule has 19 heavy (non-hydrogen) atoms. The molecular formula is C15H13NO3. The Morgan fingerprint density at radius 3 is 3.00 bits per heavy atom. The van der Waals surface area contributed by atoms with E-state index in [1.165, 1.54) is 0 Å². The molecule has 2 aromatic carbocycles. The normalized spacial score (nSPS) is 25.6. The van der Waals surface area contributed by atoms with Gasteiger partial charge in [0.2, 0.25) is 0 Å². The number of benzene rings is 2. The quantitative estimate of drug-likeness (QED) is 0.577. The summed E-state index contributed by atoms with van der Waals surface area (Å²) in [4.78, 5) is 12.1. The predicted molar refractivity (Wildman–Crippen MR) is 69.8 cm³/mol. The van der Waals surface area contributed by atoms with E-state index >= 15 is 0 Å². The van der Waals surface area contributed by atoms with Crippen LogP contribution < -0.4 is 10.1 Å². The van der Waals surface area contributed by atoms with Crippen LogP contribution >= 0.6 is 0 Å². The fraction of sp³-hybridized carbons (Fsp3) is 0.267. The van der Waals surface area contributed by atoms with E-state index in [0.29, 0.717) is 19.0 Å². The summed E-state index contributed by atoms with van der Waals surface area (Å²) in [5, 5.41) is 5.10. The number of esters is 1. The molecule has 4 heteroatoms. The highest BCUT2D eigenvalue weighted by Gasteiger charge is 2.40. The zero-order valence-corrected chi connectivity index (χ0v) is 10.3. The Balaban J connectivity index is 1.94. The maximum Gasteiger partial charge on any atom is 0.318 e. The maximum absolute atomic E-state index is 12.1. The minimum absolute atomic E-state index is 0.192. The minimum atomic E-state index is -0.248. The number of carbonyl (C=O) groups is 1. The number of rotatable bonds is 0. The van der Waals surface area contributed by atoms with Crippen LogP contribution in [0.1, 0.15) is 11.7 Å². The molecule has 0 saturated carbocycles. The van der Waals surface area contributed by atoms with Crippen molar-refractivity contribution < 1.29 is 14.3 Å². The van der Waals surface area contributed by atoms with E-state index in [1.54, 1.807) is 0 Å². The second kappa shape index (κ2) is 4.05. The van der Waals surface area contributed by atoms with Crippen molar-refractivity contribution in [3.8, 4) is 5.75 Å². The number of nitrogens with one attached hydrogen (secondary N) is 1. The van der Waals surface area contributed by atoms with E-state index in [4.69, 9.17) is 9.47 Å². The third-order valence-corrected chi connectivity index (χ3v) is 3.82. The topological polar surface area (TPSA) is 47.6 Å². The molecule has 0 amide bonds. The lowest BCUT2D eigenvalue weighted by atomic mass is 9.89. The van der Waals surface area contributed by atoms with E-state index in [2.05, 4.69) is 11.4 Å². The lowest BCUT2D eigenvalue weighted by Crippen LogP contribution is -2.45. The van der Waals surface area contributed by atoms with Crippen molar-refractivity contribution in [2.24, 2.45) is 5.92 Å². The van der Waals surface area contributed by atoms with E-state index in [-0.39, 0.29) is 18.0 Å². The van der Waals surface area contributed by atoms with Gasteiger partial charge in [0, 0.05) is 17.5 Å². The predicted octanol–water partition coefficient (Wildman–Crippen LogP) is 1.99. The molecule has 2 heterocycles. The molecule has 4 rings (SSSR count). The Bertz CT molecular complexity index is 667. The van der Waals surface area contributed by atoms with Crippen molar-refractivity contribution in [1.82, 2.24) is 5.32 Å². The average molecular weight is 255 g/mol. The van der Waals surface area contributed by atoms with Crippen molar-refractivity contribution in [1.29, 1.82) is 0 Å². The Labute approximate surface area is 110 Å². The van der Waals surface area contributed by atoms with Gasteiger partial charge in [-0.15, -0.1) is 0 Å². The molecule has 0 aromatic heterocycles. The lowest BCUT2D eigenvalue weighted by Gasteiger charge is -2.35. The summed E-state index contributed by atoms with van der Waals surface area (Å²) in [5.41, 5.74) is 0.977. The summed E-state index contributed by atoms with van der Waals surface area (Å²) in [6.45, 7) is 1.08. The number of carbonyl (C=O) groups excluding carboxylic acids is 1. The van der Waals surface area contributed by atoms with Crippen LogP contribution in [0.15, 0.2) is 36.4 Å². The van der Waals surface area contributed by atoms with E-state index in [9.17, 15) is 4.79 Å². The van der Waals surface area contributed by atoms with E-state index < -0.39 is 0 Å². The van der Waals surface area contributed by atoms with Gasteiger partial charge >= 0.3 is 5.97 Å². The molecular weight excluding hydrogens is 242 g/mol. The van der Waals surface area contributed by atoms with Crippen molar-refractivity contribution in [3.05, 3.63) is 42.0 Å². The first-order chi connectivity index (χ1) is 9.34. The third kappa shape index (κ3) is 1.57. The molecule has 96 valence electrons. The van der Waals surface area contributed by atoms with Crippen LogP contribution in [0, 0.1) is 5.92 Å². The van der Waals surface area contributed by atoms with Gasteiger partial charge in [-0.1, -0.05) is 36.4 Å². The molecule has 1 N–H and O–H groups in total. The van der Waals surface area contributed by atoms with Crippen molar-refractivity contribution in [3.63, 3.8) is 0 Å². The van der Waals surface area contributed by atoms with Crippen LogP contribution in [0.3, 0.4) is 0 Å². The van der Waals surface area contributed by atoms with E-state index in [0.717, 1.165) is 16.3 Å². The van der Waals surface area contributed by atoms with Crippen LogP contribution in [0.25, 0.3) is 10.8 Å². The van der Waals surface area contributed by atoms with Crippen molar-refractivity contribution >= 4 is 16.7 Å². The van der Waals surface area contributed by atoms with Crippen LogP contribution in [0.4, 0.5) is 0 Å². The van der Waals surface area contributed by atoms with Gasteiger partial charge in [-0.2, -0.15) is 0 Å². The molecule has 0 bridgehead atoms. The summed E-state index contributed by atoms with van der Waals surface area (Å²) >= 11 is 0. The second-order valence-corrected chi connectivity index (χ2v) is 4.92. The van der Waals surface area contributed by atoms with Gasteiger partial charge in [0.05, 0.1) is 6.73 Å². The fourth-order valence-electron chi connectivity index (χ4n) is 2.87. The largest absolute Gasteiger partial charge is 0.425 e. The van der Waals surface area contributed by atoms with Crippen LogP contribution in [-0.4, -0.2) is 19.2 Å². The molecule has 0 aliphatic carbocycles. The average Bonchev–Trinajstić information content (AvgIpc) is 2.47. The van der Waals surface area contributed by atoms with Gasteiger partial charge in [0.25, 0.3) is 0 Å². The Morgan fingerprint density at radius 1 is 1.16 bits per heavy atom. The Morgan fingerprint density at radius 2 is 2.05 bits per heavy atom. The lowest BCUT2D eigenvalue weighted by molar-refractivity contribution is -0.152. The molecule has 2 unspecified atom stereocenters. The standard InChI is InChI=1S/C15H13NO3/c17-15-12-7-16-8-18-13(12)11-6-5-9-3-1-2-4-10(9)14(11)19-15/h1-6,12-13,16H,7-8H2. The highest BCUT2D eigenvalue weighted by atomic mass is 16.6.